The molecule has 0 radical (unpaired) electrons. The van der Waals surface area contributed by atoms with Gasteiger partial charge < -0.3 is 30.3 Å². The van der Waals surface area contributed by atoms with Crippen molar-refractivity contribution in [3.8, 4) is 0 Å². The minimum atomic E-state index is -3.12. The predicted octanol–water partition coefficient (Wildman–Crippen LogP) is 4.29. The SMILES string of the molecule is COC[C@H](c1ccnc(NC(=O)[C@@H](NC(=O)OC(C)(C)C)c2ccc(Cl)cc2)c1)N1CC(F)(F)CNC1=O. The average Bonchev–Trinajstić information content (AvgIpc) is 2.82. The first kappa shape index (κ1) is 29.1. The van der Waals surface area contributed by atoms with Crippen molar-refractivity contribution in [2.75, 3.05) is 32.1 Å². The van der Waals surface area contributed by atoms with Gasteiger partial charge in [-0.15, -0.1) is 0 Å². The molecular formula is C25H30ClF2N5O5. The summed E-state index contributed by atoms with van der Waals surface area (Å²) in [6, 6.07) is 6.58. The second-order valence-electron chi connectivity index (χ2n) is 9.71. The molecule has 2 heterocycles. The minimum absolute atomic E-state index is 0.0720. The van der Waals surface area contributed by atoms with E-state index >= 15 is 0 Å². The Hall–Kier alpha value is -3.51. The number of hydrogen-bond donors (Lipinski definition) is 3. The lowest BCUT2D eigenvalue weighted by Crippen LogP contribution is -2.58. The molecule has 206 valence electrons. The summed E-state index contributed by atoms with van der Waals surface area (Å²) in [5, 5.41) is 7.80. The molecule has 1 aromatic carbocycles. The van der Waals surface area contributed by atoms with Gasteiger partial charge in [-0.1, -0.05) is 23.7 Å². The molecule has 1 fully saturated rings. The highest BCUT2D eigenvalue weighted by Crippen LogP contribution is 2.29. The third kappa shape index (κ3) is 7.99. The number of halogens is 3. The van der Waals surface area contributed by atoms with Crippen molar-refractivity contribution in [3.63, 3.8) is 0 Å². The Morgan fingerprint density at radius 3 is 2.53 bits per heavy atom. The van der Waals surface area contributed by atoms with E-state index < -0.39 is 54.7 Å². The number of amides is 4. The number of ether oxygens (including phenoxy) is 2. The van der Waals surface area contributed by atoms with Crippen LogP contribution in [0.25, 0.3) is 0 Å². The number of hydrogen-bond acceptors (Lipinski definition) is 6. The van der Waals surface area contributed by atoms with E-state index in [-0.39, 0.29) is 12.4 Å². The zero-order valence-electron chi connectivity index (χ0n) is 21.4. The van der Waals surface area contributed by atoms with E-state index in [2.05, 4.69) is 20.9 Å². The van der Waals surface area contributed by atoms with Crippen LogP contribution in [0.3, 0.4) is 0 Å². The number of carbonyl (C=O) groups excluding carboxylic acids is 3. The van der Waals surface area contributed by atoms with Crippen LogP contribution >= 0.6 is 11.6 Å². The number of alkyl carbamates (subject to hydrolysis) is 1. The lowest BCUT2D eigenvalue weighted by atomic mass is 10.0. The van der Waals surface area contributed by atoms with Crippen LogP contribution in [0.15, 0.2) is 42.6 Å². The Morgan fingerprint density at radius 1 is 1.21 bits per heavy atom. The molecule has 0 aliphatic carbocycles. The first-order valence-electron chi connectivity index (χ1n) is 11.7. The van der Waals surface area contributed by atoms with Crippen LogP contribution < -0.4 is 16.0 Å². The van der Waals surface area contributed by atoms with Crippen molar-refractivity contribution in [2.45, 2.75) is 44.4 Å². The van der Waals surface area contributed by atoms with Gasteiger partial charge in [0.25, 0.3) is 11.8 Å². The minimum Gasteiger partial charge on any atom is -0.444 e. The van der Waals surface area contributed by atoms with Crippen molar-refractivity contribution in [1.29, 1.82) is 0 Å². The Bertz CT molecular complexity index is 1160. The second-order valence-corrected chi connectivity index (χ2v) is 10.1. The lowest BCUT2D eigenvalue weighted by molar-refractivity contribution is -0.118. The van der Waals surface area contributed by atoms with Crippen molar-refractivity contribution >= 4 is 35.5 Å². The van der Waals surface area contributed by atoms with Gasteiger partial charge in [-0.2, -0.15) is 0 Å². The van der Waals surface area contributed by atoms with Crippen molar-refractivity contribution in [3.05, 3.63) is 58.7 Å². The summed E-state index contributed by atoms with van der Waals surface area (Å²) in [7, 11) is 1.38. The molecule has 3 N–H and O–H groups in total. The maximum absolute atomic E-state index is 14.1. The fourth-order valence-electron chi connectivity index (χ4n) is 3.76. The van der Waals surface area contributed by atoms with Gasteiger partial charge in [-0.25, -0.2) is 23.4 Å². The van der Waals surface area contributed by atoms with E-state index in [4.69, 9.17) is 21.1 Å². The van der Waals surface area contributed by atoms with Crippen molar-refractivity contribution in [2.24, 2.45) is 0 Å². The summed E-state index contributed by atoms with van der Waals surface area (Å²) >= 11 is 5.97. The number of urea groups is 1. The fourth-order valence-corrected chi connectivity index (χ4v) is 3.89. The third-order valence-electron chi connectivity index (χ3n) is 5.41. The zero-order chi connectivity index (χ0) is 28.1. The summed E-state index contributed by atoms with van der Waals surface area (Å²) in [6.45, 7) is 3.44. The van der Waals surface area contributed by atoms with Crippen LogP contribution in [-0.2, 0) is 14.3 Å². The number of nitrogens with one attached hydrogen (secondary N) is 3. The first-order valence-corrected chi connectivity index (χ1v) is 12.1. The Kier molecular flexibility index (Phi) is 9.10. The molecule has 1 aromatic heterocycles. The molecule has 0 unspecified atom stereocenters. The molecule has 0 bridgehead atoms. The molecule has 4 amide bonds. The van der Waals surface area contributed by atoms with Gasteiger partial charge in [0.05, 0.1) is 25.7 Å². The highest BCUT2D eigenvalue weighted by Gasteiger charge is 2.42. The molecule has 0 spiro atoms. The van der Waals surface area contributed by atoms with Crippen LogP contribution in [0.4, 0.5) is 24.2 Å². The zero-order valence-corrected chi connectivity index (χ0v) is 22.1. The summed E-state index contributed by atoms with van der Waals surface area (Å²) in [4.78, 5) is 43.3. The molecule has 1 aliphatic heterocycles. The number of anilines is 1. The number of nitrogens with zero attached hydrogens (tertiary/aromatic N) is 2. The largest absolute Gasteiger partial charge is 0.444 e. The average molecular weight is 554 g/mol. The van der Waals surface area contributed by atoms with E-state index in [1.807, 2.05) is 0 Å². The van der Waals surface area contributed by atoms with Crippen LogP contribution in [0, 0.1) is 0 Å². The first-order chi connectivity index (χ1) is 17.8. The molecule has 2 atom stereocenters. The van der Waals surface area contributed by atoms with Gasteiger partial charge in [0.15, 0.2) is 0 Å². The molecule has 0 saturated carbocycles. The molecule has 1 aliphatic rings. The smallest absolute Gasteiger partial charge is 0.408 e. The van der Waals surface area contributed by atoms with Crippen LogP contribution in [-0.4, -0.2) is 66.2 Å². The maximum Gasteiger partial charge on any atom is 0.408 e. The van der Waals surface area contributed by atoms with E-state index in [1.54, 1.807) is 45.0 Å². The number of rotatable bonds is 8. The monoisotopic (exact) mass is 553 g/mol. The summed E-state index contributed by atoms with van der Waals surface area (Å²) in [6.07, 6.45) is 0.554. The Morgan fingerprint density at radius 2 is 1.89 bits per heavy atom. The van der Waals surface area contributed by atoms with Gasteiger partial charge in [-0.3, -0.25) is 4.79 Å². The predicted molar refractivity (Wildman–Crippen MR) is 136 cm³/mol. The topological polar surface area (TPSA) is 122 Å². The van der Waals surface area contributed by atoms with Crippen molar-refractivity contribution < 1.29 is 32.6 Å². The molecule has 1 saturated heterocycles. The maximum atomic E-state index is 14.1. The van der Waals surface area contributed by atoms with Gasteiger partial charge >= 0.3 is 12.1 Å². The standard InChI is InChI=1S/C25H30ClF2N5O5/c1-24(2,3)38-23(36)32-20(15-5-7-17(26)8-6-15)21(34)31-19-11-16(9-10-29-19)18(12-37-4)33-14-25(27,28)13-30-22(33)35/h5-11,18,20H,12-14H2,1-4H3,(H,30,35)(H,32,36)(H,29,31,34)/t18-,20+/m1/s1. The molecule has 13 heteroatoms. The highest BCUT2D eigenvalue weighted by atomic mass is 35.5. The van der Waals surface area contributed by atoms with Gasteiger partial charge in [0.2, 0.25) is 0 Å². The molecule has 2 aromatic rings. The van der Waals surface area contributed by atoms with Crippen LogP contribution in [0.2, 0.25) is 5.02 Å². The number of pyridine rings is 1. The third-order valence-corrected chi connectivity index (χ3v) is 5.66. The fraction of sp³-hybridized carbons (Fsp3) is 0.440. The van der Waals surface area contributed by atoms with Crippen LogP contribution in [0.1, 0.15) is 44.0 Å². The van der Waals surface area contributed by atoms with Gasteiger partial charge in [-0.05, 0) is 56.2 Å². The van der Waals surface area contributed by atoms with E-state index in [0.717, 1.165) is 4.90 Å². The molecule has 3 rings (SSSR count). The number of alkyl halides is 2. The lowest BCUT2D eigenvalue weighted by Gasteiger charge is -2.38. The van der Waals surface area contributed by atoms with Crippen LogP contribution in [0.5, 0.6) is 0 Å². The molecule has 38 heavy (non-hydrogen) atoms. The van der Waals surface area contributed by atoms with Crippen molar-refractivity contribution in [1.82, 2.24) is 20.5 Å². The summed E-state index contributed by atoms with van der Waals surface area (Å²) in [5.74, 6) is -3.69. The van der Waals surface area contributed by atoms with E-state index in [9.17, 15) is 23.2 Å². The van der Waals surface area contributed by atoms with E-state index in [1.165, 1.54) is 25.4 Å². The number of aromatic nitrogens is 1. The number of methoxy groups -OCH3 is 1. The Labute approximate surface area is 224 Å². The molecular weight excluding hydrogens is 524 g/mol. The normalized spacial score (nSPS) is 16.7. The quantitative estimate of drug-likeness (QED) is 0.448. The second kappa shape index (κ2) is 11.9. The van der Waals surface area contributed by atoms with E-state index in [0.29, 0.717) is 16.1 Å². The number of carbonyl (C=O) groups is 3. The van der Waals surface area contributed by atoms with Gasteiger partial charge in [0.1, 0.15) is 17.5 Å². The highest BCUT2D eigenvalue weighted by molar-refractivity contribution is 6.30. The summed E-state index contributed by atoms with van der Waals surface area (Å²) in [5.41, 5.74) is 0.0427. The number of benzene rings is 1. The Balaban J connectivity index is 1.85. The molecule has 10 nitrogen and oxygen atoms in total. The summed E-state index contributed by atoms with van der Waals surface area (Å²) < 4.78 is 38.6. The van der Waals surface area contributed by atoms with Gasteiger partial charge in [0, 0.05) is 18.3 Å².